The molecule has 0 aliphatic carbocycles. The van der Waals surface area contributed by atoms with E-state index in [1.54, 1.807) is 30.5 Å². The standard InChI is InChI=1S/C19H27N5O2S/c1-20-19(21-13-16(22(2)3)15-6-12-27-14-15)24-9-7-23(8-10-24)18(25)17-5-4-11-26-17/h4-6,11-12,14,16H,7-10,13H2,1-3H3,(H,20,21). The van der Waals surface area contributed by atoms with E-state index < -0.39 is 0 Å². The number of carbonyl (C=O) groups is 1. The molecule has 0 aromatic carbocycles. The second-order valence-corrected chi connectivity index (χ2v) is 7.50. The number of piperazine rings is 1. The van der Waals surface area contributed by atoms with Gasteiger partial charge in [-0.1, -0.05) is 0 Å². The van der Waals surface area contributed by atoms with Crippen LogP contribution in [-0.2, 0) is 0 Å². The van der Waals surface area contributed by atoms with Gasteiger partial charge in [-0.15, -0.1) is 0 Å². The lowest BCUT2D eigenvalue weighted by Crippen LogP contribution is -2.54. The quantitative estimate of drug-likeness (QED) is 0.626. The Balaban J connectivity index is 1.54. The van der Waals surface area contributed by atoms with Crippen LogP contribution in [0.2, 0.25) is 0 Å². The number of likely N-dealkylation sites (N-methyl/N-ethyl adjacent to an activating group) is 1. The molecule has 0 saturated carbocycles. The minimum Gasteiger partial charge on any atom is -0.459 e. The summed E-state index contributed by atoms with van der Waals surface area (Å²) in [7, 11) is 5.98. The molecular formula is C19H27N5O2S. The Hall–Kier alpha value is -2.32. The van der Waals surface area contributed by atoms with E-state index in [-0.39, 0.29) is 11.9 Å². The van der Waals surface area contributed by atoms with Gasteiger partial charge < -0.3 is 24.4 Å². The van der Waals surface area contributed by atoms with E-state index in [2.05, 4.69) is 51.0 Å². The molecule has 1 saturated heterocycles. The highest BCUT2D eigenvalue weighted by atomic mass is 32.1. The van der Waals surface area contributed by atoms with Crippen LogP contribution in [0.25, 0.3) is 0 Å². The monoisotopic (exact) mass is 389 g/mol. The van der Waals surface area contributed by atoms with Crippen molar-refractivity contribution < 1.29 is 9.21 Å². The number of rotatable bonds is 5. The lowest BCUT2D eigenvalue weighted by Gasteiger charge is -2.36. The molecule has 0 bridgehead atoms. The minimum atomic E-state index is -0.0484. The van der Waals surface area contributed by atoms with E-state index in [9.17, 15) is 4.79 Å². The van der Waals surface area contributed by atoms with E-state index in [1.807, 2.05) is 4.90 Å². The topological polar surface area (TPSA) is 64.3 Å². The number of nitrogens with one attached hydrogen (secondary N) is 1. The zero-order valence-electron chi connectivity index (χ0n) is 16.1. The van der Waals surface area contributed by atoms with E-state index in [0.717, 1.165) is 25.6 Å². The first kappa shape index (κ1) is 19.4. The summed E-state index contributed by atoms with van der Waals surface area (Å²) in [6.45, 7) is 3.58. The maximum atomic E-state index is 12.4. The predicted octanol–water partition coefficient (Wildman–Crippen LogP) is 1.98. The van der Waals surface area contributed by atoms with Crippen LogP contribution in [0.4, 0.5) is 0 Å². The average molecular weight is 390 g/mol. The van der Waals surface area contributed by atoms with Crippen LogP contribution in [-0.4, -0.2) is 80.4 Å². The molecule has 1 amide bonds. The fourth-order valence-corrected chi connectivity index (χ4v) is 3.97. The average Bonchev–Trinajstić information content (AvgIpc) is 3.38. The number of carbonyl (C=O) groups excluding carboxylic acids is 1. The first-order chi connectivity index (χ1) is 13.1. The van der Waals surface area contributed by atoms with Crippen molar-refractivity contribution in [1.29, 1.82) is 0 Å². The van der Waals surface area contributed by atoms with Crippen molar-refractivity contribution in [2.45, 2.75) is 6.04 Å². The fourth-order valence-electron chi connectivity index (χ4n) is 3.26. The predicted molar refractivity (Wildman–Crippen MR) is 108 cm³/mol. The lowest BCUT2D eigenvalue weighted by molar-refractivity contribution is 0.0657. The number of hydrogen-bond acceptors (Lipinski definition) is 5. The van der Waals surface area contributed by atoms with Gasteiger partial charge in [-0.3, -0.25) is 9.79 Å². The van der Waals surface area contributed by atoms with Crippen molar-refractivity contribution in [2.75, 3.05) is 53.9 Å². The van der Waals surface area contributed by atoms with E-state index in [1.165, 1.54) is 11.8 Å². The number of nitrogens with zero attached hydrogens (tertiary/aromatic N) is 4. The van der Waals surface area contributed by atoms with Gasteiger partial charge in [-0.2, -0.15) is 11.3 Å². The van der Waals surface area contributed by atoms with Crippen molar-refractivity contribution in [1.82, 2.24) is 20.0 Å². The molecular weight excluding hydrogens is 362 g/mol. The maximum absolute atomic E-state index is 12.4. The summed E-state index contributed by atoms with van der Waals surface area (Å²) >= 11 is 1.71. The summed E-state index contributed by atoms with van der Waals surface area (Å²) in [5, 5.41) is 7.79. The smallest absolute Gasteiger partial charge is 0.289 e. The molecule has 1 atom stereocenters. The van der Waals surface area contributed by atoms with E-state index >= 15 is 0 Å². The summed E-state index contributed by atoms with van der Waals surface area (Å²) in [5.74, 6) is 1.23. The van der Waals surface area contributed by atoms with Crippen LogP contribution >= 0.6 is 11.3 Å². The second-order valence-electron chi connectivity index (χ2n) is 6.72. The molecule has 146 valence electrons. The van der Waals surface area contributed by atoms with Crippen molar-refractivity contribution in [3.8, 4) is 0 Å². The van der Waals surface area contributed by atoms with Crippen LogP contribution in [0, 0.1) is 0 Å². The van der Waals surface area contributed by atoms with Gasteiger partial charge in [0.1, 0.15) is 0 Å². The molecule has 1 fully saturated rings. The van der Waals surface area contributed by atoms with E-state index in [4.69, 9.17) is 4.42 Å². The zero-order chi connectivity index (χ0) is 19.2. The number of furan rings is 1. The van der Waals surface area contributed by atoms with Gasteiger partial charge in [0.25, 0.3) is 5.91 Å². The van der Waals surface area contributed by atoms with Gasteiger partial charge in [0, 0.05) is 39.8 Å². The number of hydrogen-bond donors (Lipinski definition) is 1. The van der Waals surface area contributed by atoms with Crippen molar-refractivity contribution in [3.05, 3.63) is 46.5 Å². The first-order valence-corrected chi connectivity index (χ1v) is 10.0. The molecule has 3 heterocycles. The first-order valence-electron chi connectivity index (χ1n) is 9.07. The third-order valence-electron chi connectivity index (χ3n) is 4.82. The van der Waals surface area contributed by atoms with Crippen LogP contribution in [0.3, 0.4) is 0 Å². The normalized spacial score (nSPS) is 16.7. The Bertz CT molecular complexity index is 734. The van der Waals surface area contributed by atoms with Crippen LogP contribution in [0.5, 0.6) is 0 Å². The highest BCUT2D eigenvalue weighted by Crippen LogP contribution is 2.20. The number of thiophene rings is 1. The maximum Gasteiger partial charge on any atom is 0.289 e. The number of amides is 1. The molecule has 0 spiro atoms. The number of guanidine groups is 1. The fraction of sp³-hybridized carbons (Fsp3) is 0.474. The molecule has 8 heteroatoms. The molecule has 0 radical (unpaired) electrons. The third kappa shape index (κ3) is 4.70. The molecule has 1 aliphatic heterocycles. The zero-order valence-corrected chi connectivity index (χ0v) is 16.9. The van der Waals surface area contributed by atoms with Gasteiger partial charge >= 0.3 is 0 Å². The molecule has 2 aromatic heterocycles. The van der Waals surface area contributed by atoms with Crippen molar-refractivity contribution in [2.24, 2.45) is 4.99 Å². The Labute approximate surface area is 164 Å². The molecule has 3 rings (SSSR count). The third-order valence-corrected chi connectivity index (χ3v) is 5.52. The minimum absolute atomic E-state index is 0.0484. The van der Waals surface area contributed by atoms with Crippen molar-refractivity contribution in [3.63, 3.8) is 0 Å². The van der Waals surface area contributed by atoms with E-state index in [0.29, 0.717) is 18.8 Å². The SMILES string of the molecule is CN=C(NCC(c1ccsc1)N(C)C)N1CCN(C(=O)c2ccco2)CC1. The summed E-state index contributed by atoms with van der Waals surface area (Å²) in [4.78, 5) is 23.1. The lowest BCUT2D eigenvalue weighted by atomic mass is 10.1. The van der Waals surface area contributed by atoms with Crippen LogP contribution < -0.4 is 5.32 Å². The second kappa shape index (κ2) is 9.05. The Morgan fingerprint density at radius 2 is 2.04 bits per heavy atom. The van der Waals surface area contributed by atoms with Gasteiger partial charge in [0.15, 0.2) is 11.7 Å². The van der Waals surface area contributed by atoms with Gasteiger partial charge in [-0.25, -0.2) is 0 Å². The van der Waals surface area contributed by atoms with Crippen LogP contribution in [0.15, 0.2) is 44.6 Å². The summed E-state index contributed by atoms with van der Waals surface area (Å²) < 4.78 is 5.22. The van der Waals surface area contributed by atoms with Crippen LogP contribution in [0.1, 0.15) is 22.2 Å². The van der Waals surface area contributed by atoms with Gasteiger partial charge in [-0.05, 0) is 48.6 Å². The molecule has 1 unspecified atom stereocenters. The van der Waals surface area contributed by atoms with Crippen molar-refractivity contribution >= 4 is 23.2 Å². The molecule has 7 nitrogen and oxygen atoms in total. The highest BCUT2D eigenvalue weighted by Gasteiger charge is 2.25. The summed E-state index contributed by atoms with van der Waals surface area (Å²) in [5.41, 5.74) is 1.31. The summed E-state index contributed by atoms with van der Waals surface area (Å²) in [6.07, 6.45) is 1.53. The molecule has 1 aliphatic rings. The summed E-state index contributed by atoms with van der Waals surface area (Å²) in [6, 6.07) is 5.90. The Morgan fingerprint density at radius 3 is 2.59 bits per heavy atom. The molecule has 1 N–H and O–H groups in total. The van der Waals surface area contributed by atoms with Gasteiger partial charge in [0.05, 0.1) is 12.3 Å². The highest BCUT2D eigenvalue weighted by molar-refractivity contribution is 7.07. The van der Waals surface area contributed by atoms with Gasteiger partial charge in [0.2, 0.25) is 0 Å². The Morgan fingerprint density at radius 1 is 1.30 bits per heavy atom. The molecule has 2 aromatic rings. The number of aliphatic imine (C=N–C) groups is 1. The Kier molecular flexibility index (Phi) is 6.52. The molecule has 27 heavy (non-hydrogen) atoms. The largest absolute Gasteiger partial charge is 0.459 e.